The molecule has 1 atom stereocenters. The zero-order valence-electron chi connectivity index (χ0n) is 17.3. The first kappa shape index (κ1) is 21.5. The number of carbonyl (C=O) groups is 2. The van der Waals surface area contributed by atoms with Crippen molar-refractivity contribution in [3.8, 4) is 0 Å². The van der Waals surface area contributed by atoms with Gasteiger partial charge in [0.15, 0.2) is 0 Å². The molecular formula is C22H25N3O5S. The molecular weight excluding hydrogens is 418 g/mol. The Kier molecular flexibility index (Phi) is 6.08. The van der Waals surface area contributed by atoms with Crippen LogP contribution < -0.4 is 10.2 Å². The Morgan fingerprint density at radius 3 is 2.48 bits per heavy atom. The van der Waals surface area contributed by atoms with Gasteiger partial charge in [0.1, 0.15) is 6.04 Å². The summed E-state index contributed by atoms with van der Waals surface area (Å²) in [6.07, 6.45) is 0.266. The molecule has 2 aliphatic heterocycles. The van der Waals surface area contributed by atoms with Gasteiger partial charge in [-0.25, -0.2) is 8.42 Å². The summed E-state index contributed by atoms with van der Waals surface area (Å²) in [4.78, 5) is 26.8. The Hall–Kier alpha value is -2.75. The van der Waals surface area contributed by atoms with Gasteiger partial charge in [-0.05, 0) is 29.3 Å². The lowest BCUT2D eigenvalue weighted by Gasteiger charge is -2.26. The molecule has 0 saturated carbocycles. The highest BCUT2D eigenvalue weighted by Gasteiger charge is 2.38. The number of carbonyl (C=O) groups excluding carboxylic acids is 2. The molecule has 0 unspecified atom stereocenters. The molecule has 1 fully saturated rings. The van der Waals surface area contributed by atoms with E-state index >= 15 is 0 Å². The average Bonchev–Trinajstić information content (AvgIpc) is 3.18. The summed E-state index contributed by atoms with van der Waals surface area (Å²) in [6, 6.07) is 13.5. The Morgan fingerprint density at radius 1 is 1.10 bits per heavy atom. The lowest BCUT2D eigenvalue weighted by Crippen LogP contribution is -2.47. The van der Waals surface area contributed by atoms with Crippen molar-refractivity contribution in [3.05, 3.63) is 59.7 Å². The molecule has 164 valence electrons. The molecule has 2 amide bonds. The van der Waals surface area contributed by atoms with Gasteiger partial charge in [0, 0.05) is 38.7 Å². The second-order valence-corrected chi connectivity index (χ2v) is 9.56. The van der Waals surface area contributed by atoms with Crippen molar-refractivity contribution < 1.29 is 22.7 Å². The van der Waals surface area contributed by atoms with Gasteiger partial charge in [-0.3, -0.25) is 14.5 Å². The number of nitrogens with one attached hydrogen (secondary N) is 1. The highest BCUT2D eigenvalue weighted by Crippen LogP contribution is 2.35. The minimum Gasteiger partial charge on any atom is -0.379 e. The molecule has 8 nitrogen and oxygen atoms in total. The van der Waals surface area contributed by atoms with Crippen LogP contribution >= 0.6 is 0 Å². The molecule has 1 saturated heterocycles. The number of sulfonamides is 1. The van der Waals surface area contributed by atoms with Crippen LogP contribution in [0.1, 0.15) is 18.1 Å². The highest BCUT2D eigenvalue weighted by molar-refractivity contribution is 7.89. The zero-order chi connectivity index (χ0) is 22.0. The second-order valence-electron chi connectivity index (χ2n) is 7.62. The molecule has 0 radical (unpaired) electrons. The van der Waals surface area contributed by atoms with Crippen molar-refractivity contribution in [1.82, 2.24) is 9.62 Å². The topological polar surface area (TPSA) is 96.0 Å². The summed E-state index contributed by atoms with van der Waals surface area (Å²) >= 11 is 0. The van der Waals surface area contributed by atoms with Gasteiger partial charge in [0.2, 0.25) is 21.8 Å². The predicted octanol–water partition coefficient (Wildman–Crippen LogP) is 1.30. The highest BCUT2D eigenvalue weighted by atomic mass is 32.2. The van der Waals surface area contributed by atoms with Crippen LogP contribution in [0.2, 0.25) is 0 Å². The largest absolute Gasteiger partial charge is 0.379 e. The first-order valence-corrected chi connectivity index (χ1v) is 11.6. The monoisotopic (exact) mass is 443 g/mol. The fraction of sp³-hybridized carbons (Fsp3) is 0.364. The molecule has 31 heavy (non-hydrogen) atoms. The zero-order valence-corrected chi connectivity index (χ0v) is 18.1. The van der Waals surface area contributed by atoms with Crippen LogP contribution in [0, 0.1) is 0 Å². The van der Waals surface area contributed by atoms with E-state index in [9.17, 15) is 18.0 Å². The lowest BCUT2D eigenvalue weighted by atomic mass is 10.1. The normalized spacial score (nSPS) is 19.1. The van der Waals surface area contributed by atoms with E-state index in [0.717, 1.165) is 5.56 Å². The smallest absolute Gasteiger partial charge is 0.243 e. The van der Waals surface area contributed by atoms with Crippen LogP contribution in [0.25, 0.3) is 0 Å². The van der Waals surface area contributed by atoms with E-state index in [-0.39, 0.29) is 23.1 Å². The molecule has 2 aromatic carbocycles. The molecule has 0 aromatic heterocycles. The standard InChI is InChI=1S/C22H25N3O5S/c1-16(26)25-20-8-7-19(31(28,29)24-9-11-30-12-10-24)13-18(20)14-21(25)22(27)23-15-17-5-3-2-4-6-17/h2-8,13,21H,9-12,14-15H2,1H3,(H,23,27)/t21-/m1/s1. The van der Waals surface area contributed by atoms with Gasteiger partial charge in [0.25, 0.3) is 0 Å². The van der Waals surface area contributed by atoms with Crippen LogP contribution in [0.3, 0.4) is 0 Å². The van der Waals surface area contributed by atoms with E-state index in [1.807, 2.05) is 30.3 Å². The summed E-state index contributed by atoms with van der Waals surface area (Å²) in [5, 5.41) is 2.88. The van der Waals surface area contributed by atoms with Gasteiger partial charge in [-0.1, -0.05) is 30.3 Å². The van der Waals surface area contributed by atoms with Crippen LogP contribution in [0.15, 0.2) is 53.4 Å². The van der Waals surface area contributed by atoms with Crippen molar-refractivity contribution in [2.24, 2.45) is 0 Å². The SMILES string of the molecule is CC(=O)N1c2ccc(S(=O)(=O)N3CCOCC3)cc2C[C@@H]1C(=O)NCc1ccccc1. The van der Waals surface area contributed by atoms with Crippen LogP contribution in [-0.2, 0) is 37.3 Å². The van der Waals surface area contributed by atoms with Gasteiger partial charge >= 0.3 is 0 Å². The summed E-state index contributed by atoms with van der Waals surface area (Å²) in [5.74, 6) is -0.532. The van der Waals surface area contributed by atoms with E-state index in [4.69, 9.17) is 4.74 Å². The fourth-order valence-corrected chi connectivity index (χ4v) is 5.49. The molecule has 0 spiro atoms. The Balaban J connectivity index is 1.55. The van der Waals surface area contributed by atoms with E-state index in [2.05, 4.69) is 5.32 Å². The van der Waals surface area contributed by atoms with Crippen molar-refractivity contribution in [2.75, 3.05) is 31.2 Å². The van der Waals surface area contributed by atoms with E-state index in [0.29, 0.717) is 44.1 Å². The maximum atomic E-state index is 13.0. The molecule has 1 N–H and O–H groups in total. The predicted molar refractivity (Wildman–Crippen MR) is 115 cm³/mol. The summed E-state index contributed by atoms with van der Waals surface area (Å²) in [5.41, 5.74) is 2.21. The molecule has 4 rings (SSSR count). The number of hydrogen-bond acceptors (Lipinski definition) is 5. The number of nitrogens with zero attached hydrogens (tertiary/aromatic N) is 2. The Labute approximate surface area is 181 Å². The first-order chi connectivity index (χ1) is 14.9. The van der Waals surface area contributed by atoms with Gasteiger partial charge < -0.3 is 10.1 Å². The van der Waals surface area contributed by atoms with Crippen LogP contribution in [0.4, 0.5) is 5.69 Å². The van der Waals surface area contributed by atoms with Gasteiger partial charge in [-0.15, -0.1) is 0 Å². The number of rotatable bonds is 5. The molecule has 0 aliphatic carbocycles. The number of morpholine rings is 1. The second kappa shape index (κ2) is 8.78. The van der Waals surface area contributed by atoms with Crippen molar-refractivity contribution in [2.45, 2.75) is 30.8 Å². The van der Waals surface area contributed by atoms with Crippen molar-refractivity contribution in [1.29, 1.82) is 0 Å². The van der Waals surface area contributed by atoms with E-state index in [1.165, 1.54) is 22.2 Å². The Morgan fingerprint density at radius 2 is 1.81 bits per heavy atom. The average molecular weight is 444 g/mol. The minimum atomic E-state index is -3.66. The first-order valence-electron chi connectivity index (χ1n) is 10.2. The van der Waals surface area contributed by atoms with Gasteiger partial charge in [-0.2, -0.15) is 4.31 Å². The number of hydrogen-bond donors (Lipinski definition) is 1. The third-order valence-corrected chi connectivity index (χ3v) is 7.49. The minimum absolute atomic E-state index is 0.169. The third-order valence-electron chi connectivity index (χ3n) is 5.59. The number of fused-ring (bicyclic) bond motifs is 1. The molecule has 2 heterocycles. The Bertz CT molecular complexity index is 1080. The number of amides is 2. The summed E-state index contributed by atoms with van der Waals surface area (Å²) in [6.45, 7) is 3.12. The van der Waals surface area contributed by atoms with Crippen LogP contribution in [0.5, 0.6) is 0 Å². The molecule has 2 aliphatic rings. The number of anilines is 1. The van der Waals surface area contributed by atoms with Crippen molar-refractivity contribution in [3.63, 3.8) is 0 Å². The van der Waals surface area contributed by atoms with Crippen LogP contribution in [-0.4, -0.2) is 56.9 Å². The summed E-state index contributed by atoms with van der Waals surface area (Å²) < 4.78 is 32.6. The van der Waals surface area contributed by atoms with Gasteiger partial charge in [0.05, 0.1) is 18.1 Å². The number of benzene rings is 2. The summed E-state index contributed by atoms with van der Waals surface area (Å²) in [7, 11) is -3.66. The fourth-order valence-electron chi connectivity index (χ4n) is 4.03. The molecule has 9 heteroatoms. The number of ether oxygens (including phenoxy) is 1. The third kappa shape index (κ3) is 4.34. The van der Waals surface area contributed by atoms with E-state index in [1.54, 1.807) is 12.1 Å². The molecule has 0 bridgehead atoms. The maximum absolute atomic E-state index is 13.0. The quantitative estimate of drug-likeness (QED) is 0.752. The lowest BCUT2D eigenvalue weighted by molar-refractivity contribution is -0.125. The van der Waals surface area contributed by atoms with E-state index < -0.39 is 16.1 Å². The van der Waals surface area contributed by atoms with Crippen molar-refractivity contribution >= 4 is 27.5 Å². The molecule has 2 aromatic rings. The maximum Gasteiger partial charge on any atom is 0.243 e.